The van der Waals surface area contributed by atoms with Crippen LogP contribution in [0, 0.1) is 10.1 Å². The smallest absolute Gasteiger partial charge is 0.416 e. The predicted octanol–water partition coefficient (Wildman–Crippen LogP) is 5.67. The van der Waals surface area contributed by atoms with Gasteiger partial charge in [-0.2, -0.15) is 13.2 Å². The van der Waals surface area contributed by atoms with Crippen molar-refractivity contribution in [3.05, 3.63) is 87.2 Å². The van der Waals surface area contributed by atoms with Gasteiger partial charge in [-0.25, -0.2) is 4.79 Å². The fourth-order valence-corrected chi connectivity index (χ4v) is 2.58. The van der Waals surface area contributed by atoms with Crippen molar-refractivity contribution in [1.29, 1.82) is 0 Å². The van der Waals surface area contributed by atoms with E-state index in [0.29, 0.717) is 6.07 Å². The number of aromatic nitrogens is 1. The van der Waals surface area contributed by atoms with E-state index < -0.39 is 33.9 Å². The zero-order valence-electron chi connectivity index (χ0n) is 14.7. The number of nitro benzene ring substituents is 1. The lowest BCUT2D eigenvalue weighted by atomic mass is 10.1. The highest BCUT2D eigenvalue weighted by Crippen LogP contribution is 2.37. The van der Waals surface area contributed by atoms with E-state index in [9.17, 15) is 28.1 Å². The standard InChI is InChI=1S/C19H10ClF3N2O5/c20-15-8-11(19(21,22)23)3-6-17(15)29-12-4-5-16(25(27)28)14(9-12)18(26)30-13-2-1-7-24-10-13/h1-10H. The van der Waals surface area contributed by atoms with Crippen molar-refractivity contribution in [2.24, 2.45) is 0 Å². The zero-order chi connectivity index (χ0) is 21.9. The molecule has 154 valence electrons. The minimum absolute atomic E-state index is 0.0638. The van der Waals surface area contributed by atoms with E-state index in [-0.39, 0.29) is 22.3 Å². The zero-order valence-corrected chi connectivity index (χ0v) is 15.5. The number of alkyl halides is 3. The van der Waals surface area contributed by atoms with Crippen LogP contribution in [0.25, 0.3) is 0 Å². The Bertz CT molecular complexity index is 1110. The van der Waals surface area contributed by atoms with Crippen LogP contribution in [-0.4, -0.2) is 15.9 Å². The summed E-state index contributed by atoms with van der Waals surface area (Å²) in [7, 11) is 0. The van der Waals surface area contributed by atoms with E-state index in [2.05, 4.69) is 4.98 Å². The third-order valence-corrected chi connectivity index (χ3v) is 4.01. The van der Waals surface area contributed by atoms with Gasteiger partial charge < -0.3 is 9.47 Å². The number of ether oxygens (including phenoxy) is 2. The lowest BCUT2D eigenvalue weighted by Gasteiger charge is -2.12. The third-order valence-electron chi connectivity index (χ3n) is 3.72. The number of pyridine rings is 1. The molecule has 0 radical (unpaired) electrons. The summed E-state index contributed by atoms with van der Waals surface area (Å²) in [5, 5.41) is 10.9. The first-order valence-corrected chi connectivity index (χ1v) is 8.48. The first-order valence-electron chi connectivity index (χ1n) is 8.10. The molecule has 0 saturated carbocycles. The number of halogens is 4. The van der Waals surface area contributed by atoms with Crippen LogP contribution in [0.5, 0.6) is 17.2 Å². The second-order valence-corrected chi connectivity index (χ2v) is 6.17. The van der Waals surface area contributed by atoms with Gasteiger partial charge in [0.05, 0.1) is 21.7 Å². The molecule has 1 heterocycles. The van der Waals surface area contributed by atoms with Gasteiger partial charge >= 0.3 is 12.1 Å². The Morgan fingerprint density at radius 1 is 1.10 bits per heavy atom. The molecule has 7 nitrogen and oxygen atoms in total. The van der Waals surface area contributed by atoms with Gasteiger partial charge in [-0.15, -0.1) is 0 Å². The van der Waals surface area contributed by atoms with Gasteiger partial charge in [-0.3, -0.25) is 15.1 Å². The maximum absolute atomic E-state index is 12.7. The molecule has 1 aromatic heterocycles. The Balaban J connectivity index is 1.91. The Morgan fingerprint density at radius 3 is 2.47 bits per heavy atom. The van der Waals surface area contributed by atoms with Crippen molar-refractivity contribution in [2.45, 2.75) is 6.18 Å². The van der Waals surface area contributed by atoms with Gasteiger partial charge in [-0.05, 0) is 36.4 Å². The molecule has 0 unspecified atom stereocenters. The lowest BCUT2D eigenvalue weighted by molar-refractivity contribution is -0.385. The second kappa shape index (κ2) is 8.37. The van der Waals surface area contributed by atoms with Crippen molar-refractivity contribution in [2.75, 3.05) is 0 Å². The molecule has 0 aliphatic carbocycles. The summed E-state index contributed by atoms with van der Waals surface area (Å²) in [5.74, 6) is -1.18. The van der Waals surface area contributed by atoms with Crippen molar-refractivity contribution >= 4 is 23.3 Å². The molecule has 2 aromatic carbocycles. The van der Waals surface area contributed by atoms with E-state index >= 15 is 0 Å². The van der Waals surface area contributed by atoms with Crippen molar-refractivity contribution in [3.8, 4) is 17.2 Å². The molecule has 0 aliphatic heterocycles. The summed E-state index contributed by atoms with van der Waals surface area (Å²) < 4.78 is 48.7. The summed E-state index contributed by atoms with van der Waals surface area (Å²) in [5.41, 5.74) is -1.94. The first-order chi connectivity index (χ1) is 14.1. The number of rotatable bonds is 5. The molecule has 0 amide bonds. The van der Waals surface area contributed by atoms with Gasteiger partial charge in [0.25, 0.3) is 5.69 Å². The van der Waals surface area contributed by atoms with Gasteiger partial charge in [-0.1, -0.05) is 11.6 Å². The highest BCUT2D eigenvalue weighted by atomic mass is 35.5. The van der Waals surface area contributed by atoms with Crippen LogP contribution in [0.2, 0.25) is 5.02 Å². The number of hydrogen-bond acceptors (Lipinski definition) is 6. The van der Waals surface area contributed by atoms with Crippen LogP contribution in [0.15, 0.2) is 60.9 Å². The maximum Gasteiger partial charge on any atom is 0.416 e. The van der Waals surface area contributed by atoms with Gasteiger partial charge in [0.2, 0.25) is 0 Å². The number of esters is 1. The summed E-state index contributed by atoms with van der Waals surface area (Å²) in [6.07, 6.45) is -1.90. The van der Waals surface area contributed by atoms with Crippen LogP contribution in [-0.2, 0) is 6.18 Å². The minimum atomic E-state index is -4.58. The SMILES string of the molecule is O=C(Oc1cccnc1)c1cc(Oc2ccc(C(F)(F)F)cc2Cl)ccc1[N+](=O)[O-]. The normalized spacial score (nSPS) is 11.1. The van der Waals surface area contributed by atoms with Crippen molar-refractivity contribution in [1.82, 2.24) is 4.98 Å². The topological polar surface area (TPSA) is 91.6 Å². The molecule has 0 spiro atoms. The molecule has 3 rings (SSSR count). The van der Waals surface area contributed by atoms with Crippen molar-refractivity contribution in [3.63, 3.8) is 0 Å². The molecule has 0 bridgehead atoms. The fraction of sp³-hybridized carbons (Fsp3) is 0.0526. The maximum atomic E-state index is 12.7. The summed E-state index contributed by atoms with van der Waals surface area (Å²) >= 11 is 5.84. The fourth-order valence-electron chi connectivity index (χ4n) is 2.36. The van der Waals surface area contributed by atoms with Gasteiger partial charge in [0.1, 0.15) is 22.8 Å². The third kappa shape index (κ3) is 4.84. The highest BCUT2D eigenvalue weighted by Gasteiger charge is 2.31. The summed E-state index contributed by atoms with van der Waals surface area (Å²) in [6, 6.07) is 8.59. The number of benzene rings is 2. The van der Waals surface area contributed by atoms with E-state index in [0.717, 1.165) is 24.3 Å². The van der Waals surface area contributed by atoms with Crippen LogP contribution in [0.3, 0.4) is 0 Å². The summed E-state index contributed by atoms with van der Waals surface area (Å²) in [4.78, 5) is 26.6. The average Bonchev–Trinajstić information content (AvgIpc) is 2.69. The monoisotopic (exact) mass is 438 g/mol. The van der Waals surface area contributed by atoms with Gasteiger partial charge in [0.15, 0.2) is 0 Å². The largest absolute Gasteiger partial charge is 0.456 e. The second-order valence-electron chi connectivity index (χ2n) is 5.76. The predicted molar refractivity (Wildman–Crippen MR) is 98.8 cm³/mol. The molecule has 30 heavy (non-hydrogen) atoms. The molecule has 0 atom stereocenters. The average molecular weight is 439 g/mol. The minimum Gasteiger partial charge on any atom is -0.456 e. The van der Waals surface area contributed by atoms with Gasteiger partial charge in [0, 0.05) is 18.3 Å². The Labute approximate surface area is 171 Å². The molecule has 0 N–H and O–H groups in total. The molecular formula is C19H10ClF3N2O5. The van der Waals surface area contributed by atoms with Crippen LogP contribution >= 0.6 is 11.6 Å². The molecule has 11 heteroatoms. The van der Waals surface area contributed by atoms with Crippen LogP contribution in [0.4, 0.5) is 18.9 Å². The quantitative estimate of drug-likeness (QED) is 0.289. The molecule has 0 aliphatic rings. The van der Waals surface area contributed by atoms with E-state index in [1.54, 1.807) is 0 Å². The van der Waals surface area contributed by atoms with E-state index in [4.69, 9.17) is 21.1 Å². The van der Waals surface area contributed by atoms with Crippen molar-refractivity contribution < 1.29 is 32.4 Å². The van der Waals surface area contributed by atoms with E-state index in [1.165, 1.54) is 30.6 Å². The number of carbonyl (C=O) groups is 1. The van der Waals surface area contributed by atoms with Crippen LogP contribution < -0.4 is 9.47 Å². The molecule has 0 saturated heterocycles. The highest BCUT2D eigenvalue weighted by molar-refractivity contribution is 6.32. The number of nitrogens with zero attached hydrogens (tertiary/aromatic N) is 2. The molecule has 0 fully saturated rings. The summed E-state index contributed by atoms with van der Waals surface area (Å²) in [6.45, 7) is 0. The Morgan fingerprint density at radius 2 is 1.87 bits per heavy atom. The Hall–Kier alpha value is -3.66. The lowest BCUT2D eigenvalue weighted by Crippen LogP contribution is -2.11. The molecular weight excluding hydrogens is 429 g/mol. The molecule has 3 aromatic rings. The van der Waals surface area contributed by atoms with Crippen LogP contribution in [0.1, 0.15) is 15.9 Å². The Kier molecular flexibility index (Phi) is 5.88. The number of hydrogen-bond donors (Lipinski definition) is 0. The number of carbonyl (C=O) groups excluding carboxylic acids is 1. The number of nitro groups is 1. The first kappa shape index (κ1) is 21.1. The van der Waals surface area contributed by atoms with E-state index in [1.807, 2.05) is 0 Å².